The van der Waals surface area contributed by atoms with Crippen LogP contribution in [0.2, 0.25) is 0 Å². The smallest absolute Gasteiger partial charge is 0.328 e. The summed E-state index contributed by atoms with van der Waals surface area (Å²) < 4.78 is 1.99. The zero-order chi connectivity index (χ0) is 11.9. The third-order valence-electron chi connectivity index (χ3n) is 2.54. The molecule has 0 fully saturated rings. The molecule has 0 aliphatic heterocycles. The highest BCUT2D eigenvalue weighted by atomic mass is 32.1. The summed E-state index contributed by atoms with van der Waals surface area (Å²) in [6, 6.07) is 0. The summed E-state index contributed by atoms with van der Waals surface area (Å²) in [7, 11) is 0. The van der Waals surface area contributed by atoms with Gasteiger partial charge in [0.25, 0.3) is 0 Å². The van der Waals surface area contributed by atoms with Crippen molar-refractivity contribution in [2.24, 2.45) is 0 Å². The summed E-state index contributed by atoms with van der Waals surface area (Å²) in [6.45, 7) is 5.93. The minimum absolute atomic E-state index is 0.847. The summed E-state index contributed by atoms with van der Waals surface area (Å²) in [5, 5.41) is 8.64. The fourth-order valence-corrected chi connectivity index (χ4v) is 2.64. The average molecular weight is 236 g/mol. The molecule has 0 unspecified atom stereocenters. The normalized spacial score (nSPS) is 11.7. The first kappa shape index (κ1) is 10.9. The van der Waals surface area contributed by atoms with Crippen LogP contribution in [-0.4, -0.2) is 20.5 Å². The largest absolute Gasteiger partial charge is 0.478 e. The van der Waals surface area contributed by atoms with Crippen molar-refractivity contribution in [2.45, 2.75) is 20.8 Å². The number of imidazole rings is 1. The van der Waals surface area contributed by atoms with Crippen LogP contribution in [0.25, 0.3) is 11.0 Å². The second-order valence-corrected chi connectivity index (χ2v) is 4.80. The average Bonchev–Trinajstić information content (AvgIpc) is 2.62. The van der Waals surface area contributed by atoms with Gasteiger partial charge in [-0.25, -0.2) is 9.78 Å². The molecule has 2 rings (SSSR count). The molecule has 0 radical (unpaired) electrons. The molecule has 0 atom stereocenters. The molecule has 0 aliphatic rings. The molecule has 2 aromatic heterocycles. The number of rotatable bonds is 2. The number of aryl methyl sites for hydroxylation is 3. The quantitative estimate of drug-likeness (QED) is 0.815. The molecular weight excluding hydrogens is 224 g/mol. The Bertz CT molecular complexity index is 593. The molecule has 1 N–H and O–H groups in total. The number of nitrogens with zero attached hydrogens (tertiary/aromatic N) is 2. The van der Waals surface area contributed by atoms with E-state index < -0.39 is 5.97 Å². The summed E-state index contributed by atoms with van der Waals surface area (Å²) >= 11 is 1.62. The maximum atomic E-state index is 10.5. The third kappa shape index (κ3) is 1.63. The van der Waals surface area contributed by atoms with Gasteiger partial charge in [-0.1, -0.05) is 0 Å². The van der Waals surface area contributed by atoms with Crippen molar-refractivity contribution in [1.29, 1.82) is 0 Å². The first-order valence-corrected chi connectivity index (χ1v) is 5.68. The Balaban J connectivity index is 2.66. The maximum Gasteiger partial charge on any atom is 0.328 e. The van der Waals surface area contributed by atoms with Gasteiger partial charge in [-0.15, -0.1) is 11.3 Å². The molecule has 0 saturated heterocycles. The molecule has 0 spiro atoms. The Kier molecular flexibility index (Phi) is 2.55. The van der Waals surface area contributed by atoms with Crippen LogP contribution in [0.5, 0.6) is 0 Å². The Hall–Kier alpha value is -1.62. The first-order valence-electron chi connectivity index (χ1n) is 4.86. The number of hydrogen-bond acceptors (Lipinski definition) is 3. The van der Waals surface area contributed by atoms with E-state index in [0.717, 1.165) is 28.1 Å². The lowest BCUT2D eigenvalue weighted by molar-refractivity contribution is -0.131. The predicted molar refractivity (Wildman–Crippen MR) is 63.9 cm³/mol. The lowest BCUT2D eigenvalue weighted by Gasteiger charge is -1.96. The van der Waals surface area contributed by atoms with E-state index in [-0.39, 0.29) is 0 Å². The minimum atomic E-state index is -0.945. The van der Waals surface area contributed by atoms with Crippen LogP contribution in [0.4, 0.5) is 0 Å². The third-order valence-corrected chi connectivity index (χ3v) is 3.60. The highest BCUT2D eigenvalue weighted by Gasteiger charge is 2.12. The molecule has 0 amide bonds. The number of carboxylic acids is 1. The number of fused-ring (bicyclic) bond motifs is 1. The molecule has 16 heavy (non-hydrogen) atoms. The van der Waals surface area contributed by atoms with Crippen molar-refractivity contribution in [3.8, 4) is 0 Å². The van der Waals surface area contributed by atoms with Crippen molar-refractivity contribution < 1.29 is 9.90 Å². The van der Waals surface area contributed by atoms with Crippen LogP contribution >= 0.6 is 11.3 Å². The van der Waals surface area contributed by atoms with Gasteiger partial charge in [0.15, 0.2) is 4.96 Å². The van der Waals surface area contributed by atoms with E-state index in [0.29, 0.717) is 0 Å². The lowest BCUT2D eigenvalue weighted by Crippen LogP contribution is -1.92. The van der Waals surface area contributed by atoms with Gasteiger partial charge in [0, 0.05) is 16.6 Å². The first-order chi connectivity index (χ1) is 7.50. The number of aliphatic carboxylic acids is 1. The number of hydrogen-bond donors (Lipinski definition) is 1. The van der Waals surface area contributed by atoms with Crippen LogP contribution in [0, 0.1) is 20.8 Å². The van der Waals surface area contributed by atoms with E-state index in [1.165, 1.54) is 4.88 Å². The van der Waals surface area contributed by atoms with Gasteiger partial charge in [0.05, 0.1) is 11.4 Å². The summed E-state index contributed by atoms with van der Waals surface area (Å²) in [5.41, 5.74) is 2.82. The van der Waals surface area contributed by atoms with Crippen molar-refractivity contribution in [3.63, 3.8) is 0 Å². The van der Waals surface area contributed by atoms with Crippen LogP contribution in [0.3, 0.4) is 0 Å². The zero-order valence-electron chi connectivity index (χ0n) is 9.31. The van der Waals surface area contributed by atoms with Gasteiger partial charge in [-0.3, -0.25) is 4.40 Å². The number of aromatic nitrogens is 2. The van der Waals surface area contributed by atoms with Gasteiger partial charge in [0.2, 0.25) is 0 Å². The predicted octanol–water partition coefficient (Wildman–Crippen LogP) is 2.42. The van der Waals surface area contributed by atoms with Crippen LogP contribution in [-0.2, 0) is 4.79 Å². The molecule has 2 aromatic rings. The highest BCUT2D eigenvalue weighted by molar-refractivity contribution is 7.17. The molecule has 2 heterocycles. The van der Waals surface area contributed by atoms with Crippen molar-refractivity contribution >= 4 is 28.3 Å². The van der Waals surface area contributed by atoms with E-state index in [9.17, 15) is 4.79 Å². The molecule has 5 heteroatoms. The summed E-state index contributed by atoms with van der Waals surface area (Å²) in [6.07, 6.45) is 2.74. The fraction of sp³-hybridized carbons (Fsp3) is 0.273. The topological polar surface area (TPSA) is 54.6 Å². The Labute approximate surface area is 96.9 Å². The molecule has 0 saturated carbocycles. The standard InChI is InChI=1S/C11H12N2O2S/c1-6-9(4-5-10(14)15)13-7(2)8(3)16-11(13)12-6/h4-5H,1-3H3,(H,14,15)/b5-4+. The van der Waals surface area contributed by atoms with Gasteiger partial charge in [-0.2, -0.15) is 0 Å². The van der Waals surface area contributed by atoms with E-state index in [1.54, 1.807) is 17.4 Å². The van der Waals surface area contributed by atoms with Gasteiger partial charge < -0.3 is 5.11 Å². The Morgan fingerprint density at radius 2 is 2.12 bits per heavy atom. The van der Waals surface area contributed by atoms with Crippen LogP contribution in [0.1, 0.15) is 22.0 Å². The van der Waals surface area contributed by atoms with Crippen LogP contribution in [0.15, 0.2) is 6.08 Å². The number of carbonyl (C=O) groups is 1. The van der Waals surface area contributed by atoms with Gasteiger partial charge in [-0.05, 0) is 26.8 Å². The summed E-state index contributed by atoms with van der Waals surface area (Å²) in [4.78, 5) is 17.0. The van der Waals surface area contributed by atoms with Gasteiger partial charge in [0.1, 0.15) is 0 Å². The monoisotopic (exact) mass is 236 g/mol. The van der Waals surface area contributed by atoms with Crippen molar-refractivity contribution in [2.75, 3.05) is 0 Å². The fourth-order valence-electron chi connectivity index (χ4n) is 1.62. The molecule has 84 valence electrons. The maximum absolute atomic E-state index is 10.5. The second kappa shape index (κ2) is 3.75. The molecule has 0 aliphatic carbocycles. The van der Waals surface area contributed by atoms with E-state index in [2.05, 4.69) is 4.98 Å². The lowest BCUT2D eigenvalue weighted by atomic mass is 10.3. The highest BCUT2D eigenvalue weighted by Crippen LogP contribution is 2.25. The SMILES string of the molecule is Cc1nc2sc(C)c(C)n2c1/C=C/C(=O)O. The van der Waals surface area contributed by atoms with Crippen molar-refractivity contribution in [3.05, 3.63) is 28.0 Å². The Morgan fingerprint density at radius 3 is 2.75 bits per heavy atom. The number of thiazole rings is 1. The summed E-state index contributed by atoms with van der Waals surface area (Å²) in [5.74, 6) is -0.945. The van der Waals surface area contributed by atoms with E-state index in [4.69, 9.17) is 5.11 Å². The number of carboxylic acid groups (broad SMARTS) is 1. The Morgan fingerprint density at radius 1 is 1.44 bits per heavy atom. The van der Waals surface area contributed by atoms with E-state index >= 15 is 0 Å². The molecule has 4 nitrogen and oxygen atoms in total. The van der Waals surface area contributed by atoms with Crippen molar-refractivity contribution in [1.82, 2.24) is 9.38 Å². The molecule has 0 bridgehead atoms. The minimum Gasteiger partial charge on any atom is -0.478 e. The molecule has 0 aromatic carbocycles. The molecular formula is C11H12N2O2S. The zero-order valence-corrected chi connectivity index (χ0v) is 10.1. The van der Waals surface area contributed by atoms with Crippen LogP contribution < -0.4 is 0 Å². The van der Waals surface area contributed by atoms with E-state index in [1.807, 2.05) is 25.2 Å². The second-order valence-electron chi connectivity index (χ2n) is 3.62. The van der Waals surface area contributed by atoms with Gasteiger partial charge >= 0.3 is 5.97 Å².